The van der Waals surface area contributed by atoms with Crippen LogP contribution in [0.3, 0.4) is 0 Å². The van der Waals surface area contributed by atoms with Crippen molar-refractivity contribution < 1.29 is 14.9 Å². The molecule has 1 unspecified atom stereocenters. The number of ether oxygens (including phenoxy) is 1. The molecule has 0 aliphatic carbocycles. The molecule has 0 radical (unpaired) electrons. The second kappa shape index (κ2) is 5.27. The number of hydrogen-bond donors (Lipinski definition) is 2. The molecule has 0 aromatic carbocycles. The molecule has 1 heterocycles. The van der Waals surface area contributed by atoms with Gasteiger partial charge in [0.05, 0.1) is 12.2 Å². The van der Waals surface area contributed by atoms with Gasteiger partial charge in [0.1, 0.15) is 18.1 Å². The first-order valence-corrected chi connectivity index (χ1v) is 5.41. The van der Waals surface area contributed by atoms with Gasteiger partial charge in [-0.2, -0.15) is 0 Å². The molecule has 1 aromatic rings. The summed E-state index contributed by atoms with van der Waals surface area (Å²) in [6.45, 7) is 5.49. The van der Waals surface area contributed by atoms with Crippen molar-refractivity contribution >= 4 is 0 Å². The molecule has 0 fully saturated rings. The fourth-order valence-corrected chi connectivity index (χ4v) is 1.18. The van der Waals surface area contributed by atoms with E-state index in [0.717, 1.165) is 5.69 Å². The van der Waals surface area contributed by atoms with Gasteiger partial charge in [-0.25, -0.2) is 0 Å². The first kappa shape index (κ1) is 12.9. The van der Waals surface area contributed by atoms with E-state index >= 15 is 0 Å². The van der Waals surface area contributed by atoms with Crippen molar-refractivity contribution in [1.82, 2.24) is 4.98 Å². The lowest BCUT2D eigenvalue weighted by Gasteiger charge is -2.22. The topological polar surface area (TPSA) is 62.6 Å². The lowest BCUT2D eigenvalue weighted by Crippen LogP contribution is -2.31. The summed E-state index contributed by atoms with van der Waals surface area (Å²) in [4.78, 5) is 4.16. The maximum Gasteiger partial charge on any atom is 0.143 e. The predicted octanol–water partition coefficient (Wildman–Crippen LogP) is 1.42. The fourth-order valence-electron chi connectivity index (χ4n) is 1.18. The zero-order valence-corrected chi connectivity index (χ0v) is 10.0. The highest BCUT2D eigenvalue weighted by Gasteiger charge is 2.19. The molecule has 1 atom stereocenters. The number of aryl methyl sites for hydroxylation is 1. The molecule has 0 amide bonds. The van der Waals surface area contributed by atoms with Crippen molar-refractivity contribution in [2.75, 3.05) is 6.61 Å². The summed E-state index contributed by atoms with van der Waals surface area (Å²) >= 11 is 0. The Hall–Kier alpha value is -1.13. The summed E-state index contributed by atoms with van der Waals surface area (Å²) in [6.07, 6.45) is 0.612. The van der Waals surface area contributed by atoms with Crippen LogP contribution < -0.4 is 4.74 Å². The average Bonchev–Trinajstić information content (AvgIpc) is 2.27. The zero-order valence-electron chi connectivity index (χ0n) is 10.0. The van der Waals surface area contributed by atoms with Gasteiger partial charge in [0.2, 0.25) is 0 Å². The number of nitrogens with zero attached hydrogens (tertiary/aromatic N) is 1. The highest BCUT2D eigenvalue weighted by molar-refractivity contribution is 5.28. The standard InChI is InChI=1S/C12H19NO3/c1-4-12(3,15)8-16-11-6-5-9(2)13-10(11)7-14/h5-6,14-15H,4,7-8H2,1-3H3. The number of hydrogen-bond acceptors (Lipinski definition) is 4. The molecular formula is C12H19NO3. The van der Waals surface area contributed by atoms with E-state index < -0.39 is 5.60 Å². The summed E-state index contributed by atoms with van der Waals surface area (Å²) < 4.78 is 5.47. The summed E-state index contributed by atoms with van der Waals surface area (Å²) in [6, 6.07) is 3.58. The molecular weight excluding hydrogens is 206 g/mol. The minimum Gasteiger partial charge on any atom is -0.489 e. The van der Waals surface area contributed by atoms with Crippen molar-refractivity contribution in [3.63, 3.8) is 0 Å². The zero-order chi connectivity index (χ0) is 12.2. The summed E-state index contributed by atoms with van der Waals surface area (Å²) in [5.41, 5.74) is 0.489. The largest absolute Gasteiger partial charge is 0.489 e. The number of aliphatic hydroxyl groups excluding tert-OH is 1. The lowest BCUT2D eigenvalue weighted by molar-refractivity contribution is 0.00766. The molecule has 0 aliphatic rings. The molecule has 1 aromatic heterocycles. The van der Waals surface area contributed by atoms with Crippen molar-refractivity contribution in [2.24, 2.45) is 0 Å². The minimum atomic E-state index is -0.850. The Kier molecular flexibility index (Phi) is 4.26. The van der Waals surface area contributed by atoms with E-state index in [4.69, 9.17) is 9.84 Å². The Bertz CT molecular complexity index is 350. The maximum atomic E-state index is 9.79. The van der Waals surface area contributed by atoms with Gasteiger partial charge in [0.25, 0.3) is 0 Å². The number of aliphatic hydroxyl groups is 2. The van der Waals surface area contributed by atoms with Gasteiger partial charge >= 0.3 is 0 Å². The van der Waals surface area contributed by atoms with Gasteiger partial charge in [0.15, 0.2) is 0 Å². The molecule has 16 heavy (non-hydrogen) atoms. The molecule has 0 saturated heterocycles. The van der Waals surface area contributed by atoms with Crippen LogP contribution in [-0.4, -0.2) is 27.4 Å². The van der Waals surface area contributed by atoms with Crippen LogP contribution in [0.1, 0.15) is 31.7 Å². The average molecular weight is 225 g/mol. The van der Waals surface area contributed by atoms with Crippen molar-refractivity contribution in [3.05, 3.63) is 23.5 Å². The Morgan fingerprint density at radius 3 is 2.69 bits per heavy atom. The van der Waals surface area contributed by atoms with E-state index in [9.17, 15) is 5.11 Å². The van der Waals surface area contributed by atoms with Crippen LogP contribution in [0.4, 0.5) is 0 Å². The van der Waals surface area contributed by atoms with Gasteiger partial charge < -0.3 is 14.9 Å². The van der Waals surface area contributed by atoms with Gasteiger partial charge in [0, 0.05) is 5.69 Å². The van der Waals surface area contributed by atoms with E-state index in [1.165, 1.54) is 0 Å². The number of rotatable bonds is 5. The molecule has 4 nitrogen and oxygen atoms in total. The van der Waals surface area contributed by atoms with Gasteiger partial charge in [-0.15, -0.1) is 0 Å². The Morgan fingerprint density at radius 2 is 2.12 bits per heavy atom. The normalized spacial score (nSPS) is 14.6. The van der Waals surface area contributed by atoms with Gasteiger partial charge in [-0.3, -0.25) is 4.98 Å². The number of aromatic nitrogens is 1. The maximum absolute atomic E-state index is 9.79. The van der Waals surface area contributed by atoms with E-state index in [0.29, 0.717) is 17.9 Å². The smallest absolute Gasteiger partial charge is 0.143 e. The molecule has 0 saturated carbocycles. The molecule has 2 N–H and O–H groups in total. The predicted molar refractivity (Wildman–Crippen MR) is 61.3 cm³/mol. The van der Waals surface area contributed by atoms with Crippen LogP contribution in [0.15, 0.2) is 12.1 Å². The first-order chi connectivity index (χ1) is 7.48. The highest BCUT2D eigenvalue weighted by atomic mass is 16.5. The lowest BCUT2D eigenvalue weighted by atomic mass is 10.1. The SMILES string of the molecule is CCC(C)(O)COc1ccc(C)nc1CO. The van der Waals surface area contributed by atoms with Crippen LogP contribution in [0.2, 0.25) is 0 Å². The van der Waals surface area contributed by atoms with Crippen LogP contribution >= 0.6 is 0 Å². The fraction of sp³-hybridized carbons (Fsp3) is 0.583. The molecule has 90 valence electrons. The monoisotopic (exact) mass is 225 g/mol. The second-order valence-corrected chi connectivity index (χ2v) is 4.19. The Morgan fingerprint density at radius 1 is 1.44 bits per heavy atom. The van der Waals surface area contributed by atoms with E-state index in [1.54, 1.807) is 13.0 Å². The second-order valence-electron chi connectivity index (χ2n) is 4.19. The Balaban J connectivity index is 2.74. The van der Waals surface area contributed by atoms with Crippen LogP contribution in [0.25, 0.3) is 0 Å². The third-order valence-corrected chi connectivity index (χ3v) is 2.52. The summed E-state index contributed by atoms with van der Waals surface area (Å²) in [5, 5.41) is 18.9. The first-order valence-electron chi connectivity index (χ1n) is 5.41. The minimum absolute atomic E-state index is 0.161. The molecule has 4 heteroatoms. The van der Waals surface area contributed by atoms with Crippen LogP contribution in [0.5, 0.6) is 5.75 Å². The van der Waals surface area contributed by atoms with Gasteiger partial charge in [-0.1, -0.05) is 6.92 Å². The van der Waals surface area contributed by atoms with Crippen LogP contribution in [-0.2, 0) is 6.61 Å². The quantitative estimate of drug-likeness (QED) is 0.795. The van der Waals surface area contributed by atoms with Crippen molar-refractivity contribution in [1.29, 1.82) is 0 Å². The summed E-state index contributed by atoms with van der Waals surface area (Å²) in [7, 11) is 0. The number of pyridine rings is 1. The summed E-state index contributed by atoms with van der Waals surface area (Å²) in [5.74, 6) is 0.529. The highest BCUT2D eigenvalue weighted by Crippen LogP contribution is 2.19. The van der Waals surface area contributed by atoms with E-state index in [-0.39, 0.29) is 13.2 Å². The molecule has 1 rings (SSSR count). The van der Waals surface area contributed by atoms with Gasteiger partial charge in [-0.05, 0) is 32.4 Å². The van der Waals surface area contributed by atoms with Crippen molar-refractivity contribution in [2.45, 2.75) is 39.4 Å². The van der Waals surface area contributed by atoms with E-state index in [1.807, 2.05) is 19.9 Å². The van der Waals surface area contributed by atoms with Crippen molar-refractivity contribution in [3.8, 4) is 5.75 Å². The molecule has 0 bridgehead atoms. The van der Waals surface area contributed by atoms with E-state index in [2.05, 4.69) is 4.98 Å². The molecule has 0 aliphatic heterocycles. The van der Waals surface area contributed by atoms with Crippen LogP contribution in [0, 0.1) is 6.92 Å². The third-order valence-electron chi connectivity index (χ3n) is 2.52. The Labute approximate surface area is 95.9 Å². The molecule has 0 spiro atoms. The third kappa shape index (κ3) is 3.47.